The van der Waals surface area contributed by atoms with Crippen molar-refractivity contribution in [2.45, 2.75) is 32.1 Å². The molecule has 1 saturated carbocycles. The first kappa shape index (κ1) is 7.96. The maximum atomic E-state index is 8.57. The minimum atomic E-state index is 0.222. The molecule has 2 heteroatoms. The van der Waals surface area contributed by atoms with E-state index >= 15 is 0 Å². The Morgan fingerprint density at radius 2 is 1.12 bits per heavy atom. The highest BCUT2D eigenvalue weighted by Crippen LogP contribution is 2.15. The van der Waals surface area contributed by atoms with Crippen LogP contribution in [0.1, 0.15) is 32.1 Å². The first-order chi connectivity index (χ1) is 3.91. The number of hydrogen-bond donors (Lipinski definition) is 0. The van der Waals surface area contributed by atoms with Gasteiger partial charge in [0, 0.05) is 0 Å². The Labute approximate surface area is 55.0 Å². The highest BCUT2D eigenvalue weighted by molar-refractivity contribution is 6.54. The first-order valence-corrected chi connectivity index (χ1v) is 3.39. The Morgan fingerprint density at radius 3 is 1.25 bits per heavy atom. The molecular formula is C6H11ClO. The van der Waals surface area contributed by atoms with Gasteiger partial charge in [0.1, 0.15) is 0 Å². The Balaban J connectivity index is 0.000000145. The SMILES string of the molecule is C1CCCC1.O=CCl. The molecule has 0 unspecified atom stereocenters. The van der Waals surface area contributed by atoms with Crippen molar-refractivity contribution in [3.8, 4) is 0 Å². The molecule has 0 aromatic carbocycles. The van der Waals surface area contributed by atoms with Gasteiger partial charge in [0.25, 0.3) is 0 Å². The van der Waals surface area contributed by atoms with Crippen LogP contribution in [-0.4, -0.2) is 5.75 Å². The van der Waals surface area contributed by atoms with Gasteiger partial charge in [-0.2, -0.15) is 0 Å². The van der Waals surface area contributed by atoms with E-state index in [9.17, 15) is 0 Å². The van der Waals surface area contributed by atoms with E-state index in [1.807, 2.05) is 0 Å². The van der Waals surface area contributed by atoms with Crippen molar-refractivity contribution in [3.05, 3.63) is 0 Å². The fraction of sp³-hybridized carbons (Fsp3) is 0.833. The predicted molar refractivity (Wildman–Crippen MR) is 35.7 cm³/mol. The average molecular weight is 135 g/mol. The summed E-state index contributed by atoms with van der Waals surface area (Å²) in [6.07, 6.45) is 7.50. The summed E-state index contributed by atoms with van der Waals surface area (Å²) in [6.45, 7) is 0. The molecule has 0 spiro atoms. The van der Waals surface area contributed by atoms with Gasteiger partial charge < -0.3 is 0 Å². The molecule has 0 saturated heterocycles. The molecule has 0 N–H and O–H groups in total. The highest BCUT2D eigenvalue weighted by atomic mass is 35.5. The van der Waals surface area contributed by atoms with Crippen molar-refractivity contribution >= 4 is 17.3 Å². The van der Waals surface area contributed by atoms with Crippen LogP contribution in [0.15, 0.2) is 0 Å². The second kappa shape index (κ2) is 6.96. The fourth-order valence-electron chi connectivity index (χ4n) is 0.884. The second-order valence-electron chi connectivity index (χ2n) is 1.86. The fourth-order valence-corrected chi connectivity index (χ4v) is 0.884. The van der Waals surface area contributed by atoms with Crippen LogP contribution in [0.2, 0.25) is 0 Å². The molecule has 1 rings (SSSR count). The maximum absolute atomic E-state index is 8.57. The number of hydrogen-bond acceptors (Lipinski definition) is 1. The third kappa shape index (κ3) is 5.96. The predicted octanol–water partition coefficient (Wildman–Crippen LogP) is 2.37. The third-order valence-corrected chi connectivity index (χ3v) is 1.25. The highest BCUT2D eigenvalue weighted by Gasteiger charge is 1.95. The lowest BCUT2D eigenvalue weighted by molar-refractivity contribution is 0.569. The first-order valence-electron chi connectivity index (χ1n) is 2.95. The van der Waals surface area contributed by atoms with E-state index in [2.05, 4.69) is 11.6 Å². The van der Waals surface area contributed by atoms with Crippen LogP contribution in [0.5, 0.6) is 0 Å². The number of carbonyl (C=O) groups excluding carboxylic acids is 1. The lowest BCUT2D eigenvalue weighted by atomic mass is 10.4. The van der Waals surface area contributed by atoms with Crippen LogP contribution in [0.3, 0.4) is 0 Å². The van der Waals surface area contributed by atoms with Gasteiger partial charge in [-0.3, -0.25) is 4.79 Å². The van der Waals surface area contributed by atoms with Crippen LogP contribution >= 0.6 is 11.6 Å². The summed E-state index contributed by atoms with van der Waals surface area (Å²) in [7, 11) is 0. The molecule has 0 aromatic heterocycles. The summed E-state index contributed by atoms with van der Waals surface area (Å²) < 4.78 is 0. The Hall–Kier alpha value is -0.0400. The van der Waals surface area contributed by atoms with Crippen molar-refractivity contribution in [3.63, 3.8) is 0 Å². The van der Waals surface area contributed by atoms with E-state index in [-0.39, 0.29) is 5.75 Å². The summed E-state index contributed by atoms with van der Waals surface area (Å²) >= 11 is 4.32. The van der Waals surface area contributed by atoms with Crippen molar-refractivity contribution in [2.24, 2.45) is 0 Å². The molecule has 8 heavy (non-hydrogen) atoms. The number of carbonyl (C=O) groups is 1. The lowest BCUT2D eigenvalue weighted by Gasteiger charge is -1.67. The minimum Gasteiger partial charge on any atom is -0.285 e. The molecule has 0 bridgehead atoms. The number of rotatable bonds is 0. The van der Waals surface area contributed by atoms with Gasteiger partial charge in [-0.25, -0.2) is 0 Å². The van der Waals surface area contributed by atoms with Gasteiger partial charge in [-0.1, -0.05) is 32.1 Å². The Kier molecular flexibility index (Phi) is 6.93. The Bertz CT molecular complexity index is 42.9. The minimum absolute atomic E-state index is 0.222. The molecule has 0 atom stereocenters. The quantitative estimate of drug-likeness (QED) is 0.367. The zero-order valence-electron chi connectivity index (χ0n) is 4.90. The normalized spacial score (nSPS) is 16.6. The van der Waals surface area contributed by atoms with Crippen LogP contribution in [0, 0.1) is 0 Å². The third-order valence-electron chi connectivity index (χ3n) is 1.25. The average Bonchev–Trinajstić information content (AvgIpc) is 2.17. The van der Waals surface area contributed by atoms with Crippen LogP contribution < -0.4 is 0 Å². The monoisotopic (exact) mass is 134 g/mol. The molecule has 0 amide bonds. The van der Waals surface area contributed by atoms with E-state index in [0.29, 0.717) is 0 Å². The van der Waals surface area contributed by atoms with Gasteiger partial charge >= 0.3 is 0 Å². The van der Waals surface area contributed by atoms with Gasteiger partial charge in [0.2, 0.25) is 5.75 Å². The topological polar surface area (TPSA) is 17.1 Å². The summed E-state index contributed by atoms with van der Waals surface area (Å²) in [5, 5.41) is 0. The van der Waals surface area contributed by atoms with E-state index in [1.165, 1.54) is 32.1 Å². The van der Waals surface area contributed by atoms with Crippen molar-refractivity contribution in [1.82, 2.24) is 0 Å². The zero-order valence-corrected chi connectivity index (χ0v) is 5.66. The van der Waals surface area contributed by atoms with Crippen molar-refractivity contribution in [1.29, 1.82) is 0 Å². The van der Waals surface area contributed by atoms with Crippen molar-refractivity contribution in [2.75, 3.05) is 0 Å². The Morgan fingerprint density at radius 1 is 1.00 bits per heavy atom. The second-order valence-corrected chi connectivity index (χ2v) is 2.04. The summed E-state index contributed by atoms with van der Waals surface area (Å²) in [5.74, 6) is 0.222. The molecule has 0 aliphatic heterocycles. The van der Waals surface area contributed by atoms with Gasteiger partial charge in [-0.15, -0.1) is 0 Å². The molecule has 1 nitrogen and oxygen atoms in total. The van der Waals surface area contributed by atoms with Gasteiger partial charge in [0.15, 0.2) is 0 Å². The van der Waals surface area contributed by atoms with E-state index in [1.54, 1.807) is 0 Å². The van der Waals surface area contributed by atoms with Crippen molar-refractivity contribution < 1.29 is 4.79 Å². The molecule has 0 radical (unpaired) electrons. The molecule has 1 aliphatic rings. The molecule has 1 aliphatic carbocycles. The smallest absolute Gasteiger partial charge is 0.208 e. The van der Waals surface area contributed by atoms with E-state index in [4.69, 9.17) is 4.79 Å². The summed E-state index contributed by atoms with van der Waals surface area (Å²) in [4.78, 5) is 8.57. The number of halogens is 1. The van der Waals surface area contributed by atoms with Crippen LogP contribution in [0.4, 0.5) is 0 Å². The standard InChI is InChI=1S/C5H10.CHClO/c1-2-4-5-3-1;2-1-3/h1-5H2;1H. The van der Waals surface area contributed by atoms with E-state index in [0.717, 1.165) is 0 Å². The van der Waals surface area contributed by atoms with E-state index < -0.39 is 0 Å². The lowest BCUT2D eigenvalue weighted by Crippen LogP contribution is -1.47. The molecule has 1 fully saturated rings. The molecule has 0 heterocycles. The zero-order chi connectivity index (χ0) is 6.24. The van der Waals surface area contributed by atoms with Crippen LogP contribution in [0.25, 0.3) is 0 Å². The summed E-state index contributed by atoms with van der Waals surface area (Å²) in [6, 6.07) is 0. The molecule has 48 valence electrons. The van der Waals surface area contributed by atoms with Gasteiger partial charge in [0.05, 0.1) is 0 Å². The molecule has 0 aromatic rings. The molecular weight excluding hydrogens is 124 g/mol. The maximum Gasteiger partial charge on any atom is 0.208 e. The summed E-state index contributed by atoms with van der Waals surface area (Å²) in [5.41, 5.74) is 0. The largest absolute Gasteiger partial charge is 0.285 e. The van der Waals surface area contributed by atoms with Gasteiger partial charge in [-0.05, 0) is 11.6 Å². The van der Waals surface area contributed by atoms with Crippen LogP contribution in [-0.2, 0) is 4.79 Å².